The number of aromatic nitrogens is 1. The van der Waals surface area contributed by atoms with Gasteiger partial charge in [0.05, 0.1) is 5.02 Å². The minimum absolute atomic E-state index is 0.138. The first kappa shape index (κ1) is 16.7. The molecule has 0 aliphatic heterocycles. The van der Waals surface area contributed by atoms with Gasteiger partial charge in [-0.3, -0.25) is 10.1 Å². The summed E-state index contributed by atoms with van der Waals surface area (Å²) in [5, 5.41) is 5.93. The number of pyridine rings is 1. The smallest absolute Gasteiger partial charge is 0.264 e. The number of ether oxygens (including phenoxy) is 1. The maximum absolute atomic E-state index is 11.7. The van der Waals surface area contributed by atoms with Gasteiger partial charge in [0.2, 0.25) is 0 Å². The van der Waals surface area contributed by atoms with Gasteiger partial charge in [0.25, 0.3) is 5.91 Å². The molecule has 0 saturated heterocycles. The summed E-state index contributed by atoms with van der Waals surface area (Å²) in [6.07, 6.45) is 1.48. The van der Waals surface area contributed by atoms with E-state index >= 15 is 0 Å². The first-order valence-electron chi connectivity index (χ1n) is 6.14. The monoisotopic (exact) mass is 399 g/mol. The van der Waals surface area contributed by atoms with Gasteiger partial charge in [-0.15, -0.1) is 0 Å². The largest absolute Gasteiger partial charge is 0.484 e. The molecular formula is C14H11BrClN3O2S. The van der Waals surface area contributed by atoms with E-state index < -0.39 is 0 Å². The zero-order valence-electron chi connectivity index (χ0n) is 11.2. The lowest BCUT2D eigenvalue weighted by Gasteiger charge is -2.10. The highest BCUT2D eigenvalue weighted by Crippen LogP contribution is 2.15. The molecule has 1 amide bonds. The molecule has 0 fully saturated rings. The van der Waals surface area contributed by atoms with Gasteiger partial charge in [-0.2, -0.15) is 0 Å². The molecule has 0 radical (unpaired) electrons. The zero-order chi connectivity index (χ0) is 15.9. The van der Waals surface area contributed by atoms with Gasteiger partial charge in [-0.1, -0.05) is 27.5 Å². The standard InChI is InChI=1S/C14H11BrClN3O2S/c15-9-1-4-11(5-2-9)21-8-13(20)19-14(22)18-12-6-3-10(16)7-17-12/h1-7H,8H2,(H2,17,18,19,20,22). The first-order valence-corrected chi connectivity index (χ1v) is 7.71. The lowest BCUT2D eigenvalue weighted by atomic mass is 10.3. The summed E-state index contributed by atoms with van der Waals surface area (Å²) in [4.78, 5) is 15.7. The summed E-state index contributed by atoms with van der Waals surface area (Å²) in [5.41, 5.74) is 0. The van der Waals surface area contributed by atoms with Gasteiger partial charge in [0, 0.05) is 10.7 Å². The van der Waals surface area contributed by atoms with Crippen molar-refractivity contribution in [3.05, 3.63) is 52.1 Å². The van der Waals surface area contributed by atoms with Crippen LogP contribution in [0.3, 0.4) is 0 Å². The van der Waals surface area contributed by atoms with Crippen molar-refractivity contribution in [3.63, 3.8) is 0 Å². The molecule has 0 atom stereocenters. The Kier molecular flexibility index (Phi) is 6.11. The molecule has 0 aliphatic rings. The number of halogens is 2. The van der Waals surface area contributed by atoms with Crippen molar-refractivity contribution in [1.82, 2.24) is 10.3 Å². The van der Waals surface area contributed by atoms with E-state index in [1.54, 1.807) is 24.3 Å². The fourth-order valence-corrected chi connectivity index (χ4v) is 2.03. The average Bonchev–Trinajstić information content (AvgIpc) is 2.49. The molecule has 0 aliphatic carbocycles. The number of benzene rings is 1. The number of hydrogen-bond acceptors (Lipinski definition) is 4. The second-order valence-electron chi connectivity index (χ2n) is 4.11. The minimum Gasteiger partial charge on any atom is -0.484 e. The summed E-state index contributed by atoms with van der Waals surface area (Å²) in [7, 11) is 0. The molecule has 0 bridgehead atoms. The van der Waals surface area contributed by atoms with E-state index in [2.05, 4.69) is 31.5 Å². The Labute approximate surface area is 146 Å². The Morgan fingerprint density at radius 3 is 2.64 bits per heavy atom. The molecule has 0 spiro atoms. The van der Waals surface area contributed by atoms with Crippen molar-refractivity contribution >= 4 is 56.6 Å². The second kappa shape index (κ2) is 8.07. The molecule has 1 heterocycles. The fraction of sp³-hybridized carbons (Fsp3) is 0.0714. The normalized spacial score (nSPS) is 9.91. The predicted octanol–water partition coefficient (Wildman–Crippen LogP) is 3.39. The van der Waals surface area contributed by atoms with Gasteiger partial charge >= 0.3 is 0 Å². The van der Waals surface area contributed by atoms with E-state index in [1.807, 2.05) is 12.1 Å². The molecule has 2 aromatic rings. The maximum Gasteiger partial charge on any atom is 0.264 e. The first-order chi connectivity index (χ1) is 10.5. The third-order valence-electron chi connectivity index (χ3n) is 2.41. The van der Waals surface area contributed by atoms with Gasteiger partial charge in [0.1, 0.15) is 11.6 Å². The van der Waals surface area contributed by atoms with Crippen LogP contribution >= 0.6 is 39.7 Å². The van der Waals surface area contributed by atoms with Gasteiger partial charge in [0.15, 0.2) is 11.7 Å². The minimum atomic E-state index is -0.366. The third kappa shape index (κ3) is 5.59. The van der Waals surface area contributed by atoms with E-state index in [1.165, 1.54) is 6.20 Å². The van der Waals surface area contributed by atoms with Crippen LogP contribution in [0, 0.1) is 0 Å². The van der Waals surface area contributed by atoms with Crippen molar-refractivity contribution in [1.29, 1.82) is 0 Å². The van der Waals surface area contributed by atoms with Crippen molar-refractivity contribution in [3.8, 4) is 5.75 Å². The summed E-state index contributed by atoms with van der Waals surface area (Å²) in [6, 6.07) is 10.5. The summed E-state index contributed by atoms with van der Waals surface area (Å²) in [6.45, 7) is -0.141. The zero-order valence-corrected chi connectivity index (χ0v) is 14.3. The quantitative estimate of drug-likeness (QED) is 0.770. The van der Waals surface area contributed by atoms with Crippen molar-refractivity contribution < 1.29 is 9.53 Å². The van der Waals surface area contributed by atoms with Crippen LogP contribution in [0.5, 0.6) is 5.75 Å². The highest BCUT2D eigenvalue weighted by molar-refractivity contribution is 9.10. The van der Waals surface area contributed by atoms with Crippen molar-refractivity contribution in [2.24, 2.45) is 0 Å². The van der Waals surface area contributed by atoms with Crippen LogP contribution in [-0.2, 0) is 4.79 Å². The summed E-state index contributed by atoms with van der Waals surface area (Å²) < 4.78 is 6.27. The molecule has 5 nitrogen and oxygen atoms in total. The maximum atomic E-state index is 11.7. The van der Waals surface area contributed by atoms with E-state index in [9.17, 15) is 4.79 Å². The Morgan fingerprint density at radius 2 is 2.00 bits per heavy atom. The molecule has 8 heteroatoms. The molecule has 2 rings (SSSR count). The summed E-state index contributed by atoms with van der Waals surface area (Å²) in [5.74, 6) is 0.717. The van der Waals surface area contributed by atoms with Crippen molar-refractivity contribution in [2.45, 2.75) is 0 Å². The molecule has 0 saturated carbocycles. The van der Waals surface area contributed by atoms with Gasteiger partial charge < -0.3 is 10.1 Å². The fourth-order valence-electron chi connectivity index (χ4n) is 1.44. The third-order valence-corrected chi connectivity index (χ3v) is 3.36. The Morgan fingerprint density at radius 1 is 1.27 bits per heavy atom. The van der Waals surface area contributed by atoms with Crippen LogP contribution in [-0.4, -0.2) is 22.6 Å². The van der Waals surface area contributed by atoms with E-state index in [0.717, 1.165) is 4.47 Å². The van der Waals surface area contributed by atoms with Crippen LogP contribution in [0.25, 0.3) is 0 Å². The summed E-state index contributed by atoms with van der Waals surface area (Å²) >= 11 is 14.1. The number of amides is 1. The predicted molar refractivity (Wildman–Crippen MR) is 93.2 cm³/mol. The second-order valence-corrected chi connectivity index (χ2v) is 5.87. The van der Waals surface area contributed by atoms with Gasteiger partial charge in [-0.25, -0.2) is 4.98 Å². The number of anilines is 1. The lowest BCUT2D eigenvalue weighted by molar-refractivity contribution is -0.121. The van der Waals surface area contributed by atoms with E-state index in [-0.39, 0.29) is 17.6 Å². The Hall–Kier alpha value is -1.70. The highest BCUT2D eigenvalue weighted by atomic mass is 79.9. The van der Waals surface area contributed by atoms with Gasteiger partial charge in [-0.05, 0) is 48.6 Å². The van der Waals surface area contributed by atoms with Crippen LogP contribution in [0.15, 0.2) is 47.1 Å². The molecule has 2 N–H and O–H groups in total. The number of nitrogens with zero attached hydrogens (tertiary/aromatic N) is 1. The Bertz CT molecular complexity index is 665. The molecule has 114 valence electrons. The van der Waals surface area contributed by atoms with Crippen LogP contribution in [0.2, 0.25) is 5.02 Å². The molecule has 1 aromatic carbocycles. The number of nitrogens with one attached hydrogen (secondary N) is 2. The SMILES string of the molecule is O=C(COc1ccc(Br)cc1)NC(=S)Nc1ccc(Cl)cn1. The average molecular weight is 401 g/mol. The molecule has 1 aromatic heterocycles. The van der Waals surface area contributed by atoms with Crippen LogP contribution in [0.4, 0.5) is 5.82 Å². The topological polar surface area (TPSA) is 63.2 Å². The number of carbonyl (C=O) groups is 1. The van der Waals surface area contributed by atoms with E-state index in [0.29, 0.717) is 16.6 Å². The lowest BCUT2D eigenvalue weighted by Crippen LogP contribution is -2.37. The van der Waals surface area contributed by atoms with Crippen LogP contribution in [0.1, 0.15) is 0 Å². The molecular weight excluding hydrogens is 390 g/mol. The number of hydrogen-bond donors (Lipinski definition) is 2. The Balaban J connectivity index is 1.77. The number of rotatable bonds is 4. The molecule has 0 unspecified atom stereocenters. The number of thiocarbonyl (C=S) groups is 1. The highest BCUT2D eigenvalue weighted by Gasteiger charge is 2.06. The number of carbonyl (C=O) groups excluding carboxylic acids is 1. The van der Waals surface area contributed by atoms with E-state index in [4.69, 9.17) is 28.6 Å². The van der Waals surface area contributed by atoms with Crippen LogP contribution < -0.4 is 15.4 Å². The molecule has 22 heavy (non-hydrogen) atoms. The van der Waals surface area contributed by atoms with Crippen molar-refractivity contribution in [2.75, 3.05) is 11.9 Å².